The average Bonchev–Trinajstić information content (AvgIpc) is 2.29. The standard InChI is InChI=1S/C10H12ClN3O4/c1-2-18-9(15)5-6-12-10-7(14(16)17)3-4-8(11)13-10/h3-4H,2,5-6H2,1H3,(H,12,13). The first kappa shape index (κ1) is 14.2. The molecule has 1 rings (SSSR count). The van der Waals surface area contributed by atoms with E-state index in [1.54, 1.807) is 6.92 Å². The van der Waals surface area contributed by atoms with Gasteiger partial charge in [-0.2, -0.15) is 0 Å². The minimum Gasteiger partial charge on any atom is -0.466 e. The fraction of sp³-hybridized carbons (Fsp3) is 0.400. The smallest absolute Gasteiger partial charge is 0.311 e. The van der Waals surface area contributed by atoms with Gasteiger partial charge in [-0.3, -0.25) is 14.9 Å². The van der Waals surface area contributed by atoms with E-state index in [0.717, 1.165) is 0 Å². The van der Waals surface area contributed by atoms with E-state index in [0.29, 0.717) is 6.61 Å². The predicted octanol–water partition coefficient (Wildman–Crippen LogP) is 2.01. The van der Waals surface area contributed by atoms with Crippen molar-refractivity contribution in [2.24, 2.45) is 0 Å². The lowest BCUT2D eigenvalue weighted by molar-refractivity contribution is -0.384. The van der Waals surface area contributed by atoms with Gasteiger partial charge in [0.2, 0.25) is 5.82 Å². The van der Waals surface area contributed by atoms with Gasteiger partial charge in [-0.1, -0.05) is 11.6 Å². The molecule has 0 atom stereocenters. The number of nitrogens with zero attached hydrogens (tertiary/aromatic N) is 2. The summed E-state index contributed by atoms with van der Waals surface area (Å²) in [4.78, 5) is 25.0. The molecule has 7 nitrogen and oxygen atoms in total. The number of halogens is 1. The van der Waals surface area contributed by atoms with Crippen LogP contribution < -0.4 is 5.32 Å². The number of carbonyl (C=O) groups is 1. The summed E-state index contributed by atoms with van der Waals surface area (Å²) in [7, 11) is 0. The molecule has 98 valence electrons. The Morgan fingerprint density at radius 2 is 2.33 bits per heavy atom. The number of carbonyl (C=O) groups excluding carboxylic acids is 1. The third kappa shape index (κ3) is 4.17. The van der Waals surface area contributed by atoms with E-state index < -0.39 is 4.92 Å². The second kappa shape index (κ2) is 6.75. The molecule has 0 aliphatic carbocycles. The Morgan fingerprint density at radius 3 is 2.94 bits per heavy atom. The Balaban J connectivity index is 2.63. The van der Waals surface area contributed by atoms with Gasteiger partial charge in [-0.05, 0) is 13.0 Å². The van der Waals surface area contributed by atoms with Gasteiger partial charge in [0.15, 0.2) is 0 Å². The molecule has 8 heteroatoms. The molecular formula is C10H12ClN3O4. The summed E-state index contributed by atoms with van der Waals surface area (Å²) in [5.41, 5.74) is -0.191. The van der Waals surface area contributed by atoms with E-state index in [-0.39, 0.29) is 35.6 Å². The van der Waals surface area contributed by atoms with Crippen LogP contribution in [0.3, 0.4) is 0 Å². The van der Waals surface area contributed by atoms with E-state index in [1.807, 2.05) is 0 Å². The monoisotopic (exact) mass is 273 g/mol. The molecule has 1 heterocycles. The van der Waals surface area contributed by atoms with Crippen LogP contribution in [0.5, 0.6) is 0 Å². The predicted molar refractivity (Wildman–Crippen MR) is 65.6 cm³/mol. The van der Waals surface area contributed by atoms with Crippen molar-refractivity contribution < 1.29 is 14.5 Å². The summed E-state index contributed by atoms with van der Waals surface area (Å²) in [6.45, 7) is 2.19. The Morgan fingerprint density at radius 1 is 1.61 bits per heavy atom. The zero-order valence-corrected chi connectivity index (χ0v) is 10.4. The average molecular weight is 274 g/mol. The van der Waals surface area contributed by atoms with Gasteiger partial charge in [-0.25, -0.2) is 4.98 Å². The number of nitrogens with one attached hydrogen (secondary N) is 1. The molecule has 0 radical (unpaired) electrons. The second-order valence-corrected chi connectivity index (χ2v) is 3.63. The minimum atomic E-state index is -0.573. The normalized spacial score (nSPS) is 9.89. The van der Waals surface area contributed by atoms with E-state index in [2.05, 4.69) is 10.3 Å². The Hall–Kier alpha value is -1.89. The molecule has 0 aromatic carbocycles. The number of hydrogen-bond acceptors (Lipinski definition) is 6. The number of nitro groups is 1. The zero-order chi connectivity index (χ0) is 13.5. The van der Waals surface area contributed by atoms with Crippen LogP contribution in [-0.4, -0.2) is 29.0 Å². The highest BCUT2D eigenvalue weighted by Crippen LogP contribution is 2.23. The van der Waals surface area contributed by atoms with Crippen molar-refractivity contribution in [2.45, 2.75) is 13.3 Å². The number of esters is 1. The van der Waals surface area contributed by atoms with Crippen LogP contribution in [0, 0.1) is 10.1 Å². The Bertz CT molecular complexity index is 453. The maximum atomic E-state index is 11.1. The summed E-state index contributed by atoms with van der Waals surface area (Å²) in [5, 5.41) is 13.5. The van der Waals surface area contributed by atoms with Gasteiger partial charge in [0.1, 0.15) is 5.15 Å². The summed E-state index contributed by atoms with van der Waals surface area (Å²) in [6.07, 6.45) is 0.0964. The van der Waals surface area contributed by atoms with Crippen LogP contribution in [0.25, 0.3) is 0 Å². The molecule has 0 unspecified atom stereocenters. The van der Waals surface area contributed by atoms with Crippen molar-refractivity contribution in [3.63, 3.8) is 0 Å². The molecule has 1 aromatic rings. The van der Waals surface area contributed by atoms with Crippen molar-refractivity contribution in [2.75, 3.05) is 18.5 Å². The van der Waals surface area contributed by atoms with E-state index in [1.165, 1.54) is 12.1 Å². The van der Waals surface area contributed by atoms with Gasteiger partial charge in [0.25, 0.3) is 0 Å². The number of hydrogen-bond donors (Lipinski definition) is 1. The van der Waals surface area contributed by atoms with Crippen LogP contribution in [0.15, 0.2) is 12.1 Å². The Labute approximate surface area is 108 Å². The Kier molecular flexibility index (Phi) is 5.31. The third-order valence-corrected chi connectivity index (χ3v) is 2.17. The van der Waals surface area contributed by atoms with Gasteiger partial charge in [0.05, 0.1) is 18.0 Å². The lowest BCUT2D eigenvalue weighted by atomic mass is 10.3. The van der Waals surface area contributed by atoms with Gasteiger partial charge in [0, 0.05) is 12.6 Å². The van der Waals surface area contributed by atoms with Crippen LogP contribution in [0.4, 0.5) is 11.5 Å². The van der Waals surface area contributed by atoms with Crippen molar-refractivity contribution in [1.82, 2.24) is 4.98 Å². The molecule has 1 N–H and O–H groups in total. The number of ether oxygens (including phenoxy) is 1. The quantitative estimate of drug-likeness (QED) is 0.369. The molecule has 0 aliphatic rings. The molecule has 1 aromatic heterocycles. The first-order valence-electron chi connectivity index (χ1n) is 5.25. The molecule has 0 fully saturated rings. The van der Waals surface area contributed by atoms with Crippen LogP contribution >= 0.6 is 11.6 Å². The van der Waals surface area contributed by atoms with Crippen LogP contribution in [0.2, 0.25) is 5.15 Å². The number of aromatic nitrogens is 1. The fourth-order valence-electron chi connectivity index (χ4n) is 1.22. The lowest BCUT2D eigenvalue weighted by Gasteiger charge is -2.06. The maximum Gasteiger partial charge on any atom is 0.311 e. The molecule has 18 heavy (non-hydrogen) atoms. The minimum absolute atomic E-state index is 0.0387. The lowest BCUT2D eigenvalue weighted by Crippen LogP contribution is -2.12. The summed E-state index contributed by atoms with van der Waals surface area (Å²) >= 11 is 5.65. The van der Waals surface area contributed by atoms with Gasteiger partial charge >= 0.3 is 11.7 Å². The third-order valence-electron chi connectivity index (χ3n) is 1.96. The summed E-state index contributed by atoms with van der Waals surface area (Å²) < 4.78 is 4.72. The van der Waals surface area contributed by atoms with Crippen molar-refractivity contribution in [3.8, 4) is 0 Å². The SMILES string of the molecule is CCOC(=O)CCNc1nc(Cl)ccc1[N+](=O)[O-]. The van der Waals surface area contributed by atoms with Gasteiger partial charge in [-0.15, -0.1) is 0 Å². The highest BCUT2D eigenvalue weighted by Gasteiger charge is 2.15. The van der Waals surface area contributed by atoms with E-state index in [9.17, 15) is 14.9 Å². The first-order valence-corrected chi connectivity index (χ1v) is 5.62. The van der Waals surface area contributed by atoms with E-state index >= 15 is 0 Å². The van der Waals surface area contributed by atoms with Gasteiger partial charge < -0.3 is 10.1 Å². The number of pyridine rings is 1. The molecule has 0 saturated carbocycles. The molecule has 0 spiro atoms. The van der Waals surface area contributed by atoms with Crippen LogP contribution in [-0.2, 0) is 9.53 Å². The summed E-state index contributed by atoms with van der Waals surface area (Å²) in [5.74, 6) is -0.341. The number of rotatable bonds is 6. The molecule has 0 amide bonds. The molecular weight excluding hydrogens is 262 g/mol. The highest BCUT2D eigenvalue weighted by atomic mass is 35.5. The van der Waals surface area contributed by atoms with Crippen molar-refractivity contribution >= 4 is 29.1 Å². The zero-order valence-electron chi connectivity index (χ0n) is 9.68. The largest absolute Gasteiger partial charge is 0.466 e. The fourth-order valence-corrected chi connectivity index (χ4v) is 1.37. The molecule has 0 bridgehead atoms. The van der Waals surface area contributed by atoms with Crippen molar-refractivity contribution in [1.29, 1.82) is 0 Å². The van der Waals surface area contributed by atoms with Crippen LogP contribution in [0.1, 0.15) is 13.3 Å². The molecule has 0 aliphatic heterocycles. The first-order chi connectivity index (χ1) is 8.54. The van der Waals surface area contributed by atoms with E-state index in [4.69, 9.17) is 16.3 Å². The second-order valence-electron chi connectivity index (χ2n) is 3.24. The summed E-state index contributed by atoms with van der Waals surface area (Å²) in [6, 6.07) is 2.58. The maximum absolute atomic E-state index is 11.1. The topological polar surface area (TPSA) is 94.4 Å². The highest BCUT2D eigenvalue weighted by molar-refractivity contribution is 6.29. The molecule has 0 saturated heterocycles. The van der Waals surface area contributed by atoms with Crippen molar-refractivity contribution in [3.05, 3.63) is 27.4 Å². The number of anilines is 1.